The van der Waals surface area contributed by atoms with Crippen LogP contribution in [0, 0.1) is 10.1 Å². The largest absolute Gasteiger partial charge is 0.480 e. The summed E-state index contributed by atoms with van der Waals surface area (Å²) in [5.41, 5.74) is 0. The van der Waals surface area contributed by atoms with Crippen LogP contribution in [-0.2, 0) is 11.8 Å². The Balaban J connectivity index is 2.88. The highest BCUT2D eigenvalue weighted by Gasteiger charge is 2.19. The Morgan fingerprint density at radius 3 is 3.00 bits per heavy atom. The molecule has 0 saturated heterocycles. The Hall–Kier alpha value is -2.12. The molecule has 1 aromatic heterocycles. The number of hydrogen-bond acceptors (Lipinski definition) is 5. The smallest absolute Gasteiger partial charge is 0.406 e. The van der Waals surface area contributed by atoms with Crippen LogP contribution in [0.3, 0.4) is 0 Å². The van der Waals surface area contributed by atoms with Crippen molar-refractivity contribution in [2.75, 3.05) is 11.9 Å². The predicted molar refractivity (Wildman–Crippen MR) is 46.0 cm³/mol. The van der Waals surface area contributed by atoms with Crippen LogP contribution in [0.25, 0.3) is 0 Å². The van der Waals surface area contributed by atoms with E-state index < -0.39 is 10.9 Å². The van der Waals surface area contributed by atoms with Gasteiger partial charge in [-0.05, 0) is 9.91 Å². The number of anilines is 1. The highest BCUT2D eigenvalue weighted by Crippen LogP contribution is 2.20. The molecule has 0 bridgehead atoms. The average Bonchev–Trinajstić information content (AvgIpc) is 2.43. The maximum Gasteiger partial charge on any atom is 0.406 e. The first-order valence-corrected chi connectivity index (χ1v) is 3.63. The Morgan fingerprint density at radius 1 is 1.86 bits per heavy atom. The molecule has 0 atom stereocenters. The molecule has 0 fully saturated rings. The third kappa shape index (κ3) is 1.97. The van der Waals surface area contributed by atoms with E-state index in [-0.39, 0.29) is 18.2 Å². The van der Waals surface area contributed by atoms with Gasteiger partial charge in [-0.25, -0.2) is 0 Å². The molecule has 0 aliphatic rings. The van der Waals surface area contributed by atoms with Crippen molar-refractivity contribution < 1.29 is 14.8 Å². The molecule has 0 aliphatic carbocycles. The number of rotatable bonds is 4. The van der Waals surface area contributed by atoms with E-state index in [2.05, 4.69) is 10.3 Å². The highest BCUT2D eigenvalue weighted by atomic mass is 16.6. The molecule has 8 heteroatoms. The van der Waals surface area contributed by atoms with E-state index in [0.29, 0.717) is 0 Å². The van der Waals surface area contributed by atoms with Gasteiger partial charge in [0.15, 0.2) is 0 Å². The fourth-order valence-corrected chi connectivity index (χ4v) is 0.915. The fraction of sp³-hybridized carbons (Fsp3) is 0.333. The molecular formula is C6H8N4O4. The van der Waals surface area contributed by atoms with E-state index >= 15 is 0 Å². The van der Waals surface area contributed by atoms with Gasteiger partial charge in [0.1, 0.15) is 6.54 Å². The van der Waals surface area contributed by atoms with Crippen molar-refractivity contribution in [2.24, 2.45) is 7.05 Å². The third-order valence-corrected chi connectivity index (χ3v) is 1.50. The van der Waals surface area contributed by atoms with Crippen molar-refractivity contribution >= 4 is 17.6 Å². The summed E-state index contributed by atoms with van der Waals surface area (Å²) in [6.45, 7) is -0.389. The second kappa shape index (κ2) is 3.73. The van der Waals surface area contributed by atoms with Crippen LogP contribution in [0.2, 0.25) is 0 Å². The molecule has 0 amide bonds. The summed E-state index contributed by atoms with van der Waals surface area (Å²) in [7, 11) is 1.53. The number of carbonyl (C=O) groups is 1. The Kier molecular flexibility index (Phi) is 2.65. The van der Waals surface area contributed by atoms with Crippen LogP contribution in [0.4, 0.5) is 11.6 Å². The molecule has 76 valence electrons. The van der Waals surface area contributed by atoms with Crippen molar-refractivity contribution in [1.82, 2.24) is 9.55 Å². The predicted octanol–water partition coefficient (Wildman–Crippen LogP) is -0.175. The van der Waals surface area contributed by atoms with Crippen molar-refractivity contribution in [2.45, 2.75) is 0 Å². The standard InChI is InChI=1S/C6H8N4O4/c1-9-3-8-6(10(13)14)5(9)7-2-4(11)12/h3,7H,2H2,1H3,(H,11,12). The Labute approximate surface area is 78.3 Å². The minimum absolute atomic E-state index is 0.0809. The van der Waals surface area contributed by atoms with Crippen LogP contribution >= 0.6 is 0 Å². The monoisotopic (exact) mass is 200 g/mol. The summed E-state index contributed by atoms with van der Waals surface area (Å²) in [5, 5.41) is 21.2. The molecule has 0 radical (unpaired) electrons. The van der Waals surface area contributed by atoms with Crippen LogP contribution in [0.5, 0.6) is 0 Å². The molecule has 2 N–H and O–H groups in total. The number of aliphatic carboxylic acids is 1. The molecule has 1 aromatic rings. The van der Waals surface area contributed by atoms with Gasteiger partial charge < -0.3 is 20.5 Å². The van der Waals surface area contributed by atoms with Crippen LogP contribution in [0.15, 0.2) is 6.33 Å². The van der Waals surface area contributed by atoms with E-state index in [1.807, 2.05) is 0 Å². The maximum atomic E-state index is 10.4. The summed E-state index contributed by atoms with van der Waals surface area (Å²) < 4.78 is 1.35. The van der Waals surface area contributed by atoms with Gasteiger partial charge >= 0.3 is 11.8 Å². The minimum Gasteiger partial charge on any atom is -0.480 e. The van der Waals surface area contributed by atoms with Gasteiger partial charge in [-0.3, -0.25) is 9.36 Å². The SMILES string of the molecule is Cn1cnc([N+](=O)[O-])c1NCC(=O)O. The van der Waals surface area contributed by atoms with Gasteiger partial charge in [-0.15, -0.1) is 0 Å². The second-order valence-corrected chi connectivity index (χ2v) is 2.53. The summed E-state index contributed by atoms with van der Waals surface area (Å²) in [6, 6.07) is 0. The van der Waals surface area contributed by atoms with Gasteiger partial charge in [0.2, 0.25) is 12.1 Å². The molecule has 1 heterocycles. The number of aryl methyl sites for hydroxylation is 1. The zero-order chi connectivity index (χ0) is 10.7. The lowest BCUT2D eigenvalue weighted by Gasteiger charge is -2.02. The first-order chi connectivity index (χ1) is 6.52. The van der Waals surface area contributed by atoms with Gasteiger partial charge in [-0.2, -0.15) is 0 Å². The first-order valence-electron chi connectivity index (χ1n) is 3.63. The Bertz CT molecular complexity index is 372. The maximum absolute atomic E-state index is 10.4. The van der Waals surface area contributed by atoms with Crippen molar-refractivity contribution in [1.29, 1.82) is 0 Å². The molecule has 1 rings (SSSR count). The molecule has 0 aliphatic heterocycles. The number of nitrogens with one attached hydrogen (secondary N) is 1. The zero-order valence-electron chi connectivity index (χ0n) is 7.30. The van der Waals surface area contributed by atoms with Crippen molar-refractivity contribution in [3.8, 4) is 0 Å². The number of nitro groups is 1. The molecular weight excluding hydrogens is 192 g/mol. The van der Waals surface area contributed by atoms with Crippen molar-refractivity contribution in [3.63, 3.8) is 0 Å². The highest BCUT2D eigenvalue weighted by molar-refractivity contribution is 5.73. The minimum atomic E-state index is -1.10. The quantitative estimate of drug-likeness (QED) is 0.515. The van der Waals surface area contributed by atoms with E-state index in [1.54, 1.807) is 0 Å². The number of nitrogens with zero attached hydrogens (tertiary/aromatic N) is 3. The number of aromatic nitrogens is 2. The summed E-state index contributed by atoms with van der Waals surface area (Å²) in [5.74, 6) is -1.40. The van der Waals surface area contributed by atoms with Gasteiger partial charge in [0, 0.05) is 7.05 Å². The van der Waals surface area contributed by atoms with Crippen LogP contribution < -0.4 is 5.32 Å². The summed E-state index contributed by atoms with van der Waals surface area (Å²) >= 11 is 0. The van der Waals surface area contributed by atoms with E-state index in [0.717, 1.165) is 0 Å². The zero-order valence-corrected chi connectivity index (χ0v) is 7.30. The summed E-state index contributed by atoms with van der Waals surface area (Å²) in [4.78, 5) is 23.5. The van der Waals surface area contributed by atoms with Gasteiger partial charge in [0.05, 0.1) is 0 Å². The molecule has 0 saturated carbocycles. The molecule has 8 nitrogen and oxygen atoms in total. The third-order valence-electron chi connectivity index (χ3n) is 1.50. The lowest BCUT2D eigenvalue weighted by molar-refractivity contribution is -0.388. The topological polar surface area (TPSA) is 110 Å². The average molecular weight is 200 g/mol. The molecule has 0 aromatic carbocycles. The lowest BCUT2D eigenvalue weighted by Crippen LogP contribution is -2.15. The molecule has 14 heavy (non-hydrogen) atoms. The fourth-order valence-electron chi connectivity index (χ4n) is 0.915. The Morgan fingerprint density at radius 2 is 2.50 bits per heavy atom. The number of imidazole rings is 1. The summed E-state index contributed by atoms with van der Waals surface area (Å²) in [6.07, 6.45) is 1.24. The number of carboxylic acid groups (broad SMARTS) is 1. The molecule has 0 spiro atoms. The molecule has 0 unspecified atom stereocenters. The van der Waals surface area contributed by atoms with Crippen molar-refractivity contribution in [3.05, 3.63) is 16.4 Å². The van der Waals surface area contributed by atoms with Crippen LogP contribution in [-0.4, -0.2) is 32.1 Å². The normalized spacial score (nSPS) is 9.79. The lowest BCUT2D eigenvalue weighted by atomic mass is 10.5. The van der Waals surface area contributed by atoms with Crippen LogP contribution in [0.1, 0.15) is 0 Å². The first kappa shape index (κ1) is 9.96. The van der Waals surface area contributed by atoms with E-state index in [9.17, 15) is 14.9 Å². The van der Waals surface area contributed by atoms with E-state index in [4.69, 9.17) is 5.11 Å². The van der Waals surface area contributed by atoms with Gasteiger partial charge in [-0.1, -0.05) is 0 Å². The number of carboxylic acids is 1. The van der Waals surface area contributed by atoms with E-state index in [1.165, 1.54) is 17.9 Å². The second-order valence-electron chi connectivity index (χ2n) is 2.53. The van der Waals surface area contributed by atoms with Gasteiger partial charge in [0.25, 0.3) is 0 Å². The number of hydrogen-bond donors (Lipinski definition) is 2.